The molecule has 0 radical (unpaired) electrons. The average Bonchev–Trinajstić information content (AvgIpc) is 1.82. The average molecular weight is 164 g/mol. The second-order valence-electron chi connectivity index (χ2n) is 1.14. The van der Waals surface area contributed by atoms with Gasteiger partial charge in [-0.05, 0) is 0 Å². The Labute approximate surface area is 63.0 Å². The van der Waals surface area contributed by atoms with Crippen molar-refractivity contribution in [2.45, 2.75) is 0 Å². The number of thioether (sulfide) groups is 1. The quantitative estimate of drug-likeness (QED) is 0.352. The third-order valence-corrected chi connectivity index (χ3v) is 1.48. The van der Waals surface area contributed by atoms with Crippen molar-refractivity contribution in [3.63, 3.8) is 0 Å². The maximum atomic E-state index is 10.0. The summed E-state index contributed by atoms with van der Waals surface area (Å²) in [6.45, 7) is 3.38. The Bertz CT molecular complexity index is 155. The molecule has 4 heteroatoms. The van der Waals surface area contributed by atoms with Crippen LogP contribution in [0.25, 0.3) is 0 Å². The first-order valence-corrected chi connectivity index (χ1v) is 3.34. The van der Waals surface area contributed by atoms with E-state index in [-0.39, 0.29) is 0 Å². The lowest BCUT2D eigenvalue weighted by atomic mass is 10.8. The molecule has 0 aromatic heterocycles. The largest absolute Gasteiger partial charge is 0.296 e. The number of hydrogen-bond acceptors (Lipinski definition) is 3. The van der Waals surface area contributed by atoms with Gasteiger partial charge < -0.3 is 0 Å². The molecule has 2 nitrogen and oxygen atoms in total. The van der Waals surface area contributed by atoms with E-state index >= 15 is 0 Å². The zero-order valence-electron chi connectivity index (χ0n) is 4.93. The normalized spacial score (nSPS) is 11.1. The van der Waals surface area contributed by atoms with Gasteiger partial charge in [-0.2, -0.15) is 0 Å². The van der Waals surface area contributed by atoms with Crippen molar-refractivity contribution in [1.82, 2.24) is 0 Å². The van der Waals surface area contributed by atoms with Crippen LogP contribution in [0.5, 0.6) is 0 Å². The third kappa shape index (κ3) is 4.24. The number of carbonyl (C=O) groups is 1. The molecule has 0 atom stereocenters. The summed E-state index contributed by atoms with van der Waals surface area (Å²) < 4.78 is 0.350. The van der Waals surface area contributed by atoms with E-state index in [0.717, 1.165) is 11.8 Å². The molecule has 0 aliphatic rings. The molecule has 0 aliphatic carbocycles. The number of carbonyl (C=O) groups excluding carboxylic acids is 1. The fourth-order valence-corrected chi connectivity index (χ4v) is 0.839. The van der Waals surface area contributed by atoms with Gasteiger partial charge in [0, 0.05) is 7.05 Å². The Hall–Kier alpha value is -0.280. The minimum Gasteiger partial charge on any atom is -0.296 e. The lowest BCUT2D eigenvalue weighted by Crippen LogP contribution is -1.90. The highest BCUT2D eigenvalue weighted by Gasteiger charge is 1.96. The van der Waals surface area contributed by atoms with Gasteiger partial charge in [-0.1, -0.05) is 29.9 Å². The Kier molecular flexibility index (Phi) is 4.44. The van der Waals surface area contributed by atoms with Gasteiger partial charge in [0.15, 0.2) is 6.29 Å². The fourth-order valence-electron chi connectivity index (χ4n) is 0.236. The highest BCUT2D eigenvalue weighted by atomic mass is 35.5. The van der Waals surface area contributed by atoms with E-state index in [1.165, 1.54) is 7.05 Å². The highest BCUT2D eigenvalue weighted by molar-refractivity contribution is 8.19. The van der Waals surface area contributed by atoms with Crippen molar-refractivity contribution in [3.8, 4) is 0 Å². The summed E-state index contributed by atoms with van der Waals surface area (Å²) in [5.41, 5.74) is 0. The third-order valence-electron chi connectivity index (χ3n) is 0.537. The zero-order chi connectivity index (χ0) is 7.28. The van der Waals surface area contributed by atoms with Crippen LogP contribution in [0.1, 0.15) is 0 Å². The molecule has 0 heterocycles. The molecule has 0 spiro atoms. The first kappa shape index (κ1) is 8.72. The van der Waals surface area contributed by atoms with E-state index in [2.05, 4.69) is 11.6 Å². The summed E-state index contributed by atoms with van der Waals surface area (Å²) in [6, 6.07) is 0. The van der Waals surface area contributed by atoms with E-state index in [1.807, 2.05) is 0 Å². The predicted octanol–water partition coefficient (Wildman–Crippen LogP) is 1.66. The van der Waals surface area contributed by atoms with Gasteiger partial charge in [0.05, 0.1) is 4.36 Å². The number of halogens is 1. The van der Waals surface area contributed by atoms with E-state index in [4.69, 9.17) is 11.6 Å². The van der Waals surface area contributed by atoms with Crippen molar-refractivity contribution in [1.29, 1.82) is 0 Å². The summed E-state index contributed by atoms with van der Waals surface area (Å²) in [5, 5.41) is 0.343. The van der Waals surface area contributed by atoms with Crippen molar-refractivity contribution in [2.24, 2.45) is 4.99 Å². The molecular formula is C5H6ClNOS. The van der Waals surface area contributed by atoms with Gasteiger partial charge in [-0.15, -0.1) is 0 Å². The van der Waals surface area contributed by atoms with Gasteiger partial charge in [-0.3, -0.25) is 9.79 Å². The van der Waals surface area contributed by atoms with E-state index in [9.17, 15) is 4.79 Å². The molecule has 0 aromatic rings. The lowest BCUT2D eigenvalue weighted by molar-refractivity contribution is -0.102. The maximum absolute atomic E-state index is 10.0. The van der Waals surface area contributed by atoms with Gasteiger partial charge in [0.25, 0.3) is 0 Å². The van der Waals surface area contributed by atoms with E-state index < -0.39 is 0 Å². The molecule has 0 amide bonds. The van der Waals surface area contributed by atoms with E-state index in [0.29, 0.717) is 15.7 Å². The topological polar surface area (TPSA) is 29.4 Å². The molecule has 0 saturated heterocycles. The Morgan fingerprint density at radius 1 is 1.89 bits per heavy atom. The molecule has 0 bridgehead atoms. The number of aliphatic imine (C=N–C) groups is 1. The number of hydrogen-bond donors (Lipinski definition) is 0. The lowest BCUT2D eigenvalue weighted by Gasteiger charge is -1.90. The molecule has 0 N–H and O–H groups in total. The molecule has 50 valence electrons. The smallest absolute Gasteiger partial charge is 0.174 e. The number of nitrogens with zero attached hydrogens (tertiary/aromatic N) is 1. The second kappa shape index (κ2) is 4.58. The summed E-state index contributed by atoms with van der Waals surface area (Å²) in [6.07, 6.45) is 0.637. The summed E-state index contributed by atoms with van der Waals surface area (Å²) in [7, 11) is 1.52. The molecule has 0 aliphatic heterocycles. The first-order chi connectivity index (χ1) is 4.20. The fraction of sp³-hybridized carbons (Fsp3) is 0.200. The van der Waals surface area contributed by atoms with Crippen LogP contribution in [0.15, 0.2) is 15.9 Å². The molecule has 0 rings (SSSR count). The Morgan fingerprint density at radius 2 is 2.44 bits per heavy atom. The zero-order valence-corrected chi connectivity index (χ0v) is 6.50. The van der Waals surface area contributed by atoms with Crippen LogP contribution in [0.2, 0.25) is 0 Å². The van der Waals surface area contributed by atoms with Gasteiger partial charge in [0.1, 0.15) is 5.04 Å². The Morgan fingerprint density at radius 3 is 2.56 bits per heavy atom. The van der Waals surface area contributed by atoms with Crippen molar-refractivity contribution < 1.29 is 4.79 Å². The van der Waals surface area contributed by atoms with Gasteiger partial charge in [0.2, 0.25) is 0 Å². The van der Waals surface area contributed by atoms with Crippen molar-refractivity contribution in [3.05, 3.63) is 10.9 Å². The molecule has 0 fully saturated rings. The minimum absolute atomic E-state index is 0.343. The molecule has 0 unspecified atom stereocenters. The highest BCUT2D eigenvalue weighted by Crippen LogP contribution is 2.17. The predicted molar refractivity (Wildman–Crippen MR) is 42.0 cm³/mol. The van der Waals surface area contributed by atoms with Crippen LogP contribution < -0.4 is 0 Å². The minimum atomic E-state index is 0.343. The summed E-state index contributed by atoms with van der Waals surface area (Å²) >= 11 is 6.41. The van der Waals surface area contributed by atoms with Gasteiger partial charge in [-0.25, -0.2) is 0 Å². The monoisotopic (exact) mass is 163 g/mol. The summed E-state index contributed by atoms with van der Waals surface area (Å²) in [4.78, 5) is 13.6. The second-order valence-corrected chi connectivity index (χ2v) is 2.93. The summed E-state index contributed by atoms with van der Waals surface area (Å²) in [5.74, 6) is 0. The Balaban J connectivity index is 3.86. The molecule has 0 aromatic carbocycles. The van der Waals surface area contributed by atoms with Crippen LogP contribution >= 0.6 is 23.4 Å². The van der Waals surface area contributed by atoms with Crippen molar-refractivity contribution in [2.75, 3.05) is 7.05 Å². The van der Waals surface area contributed by atoms with Crippen LogP contribution in [0.3, 0.4) is 0 Å². The van der Waals surface area contributed by atoms with Crippen LogP contribution in [-0.4, -0.2) is 18.4 Å². The maximum Gasteiger partial charge on any atom is 0.174 e. The van der Waals surface area contributed by atoms with Crippen LogP contribution in [0, 0.1) is 0 Å². The SMILES string of the molecule is C=C(Cl)SC(C=O)=NC. The molecule has 9 heavy (non-hydrogen) atoms. The molecule has 0 saturated carbocycles. The van der Waals surface area contributed by atoms with Crippen LogP contribution in [-0.2, 0) is 4.79 Å². The van der Waals surface area contributed by atoms with E-state index in [1.54, 1.807) is 0 Å². The first-order valence-electron chi connectivity index (χ1n) is 2.15. The molecular weight excluding hydrogens is 158 g/mol. The number of rotatable bonds is 2. The van der Waals surface area contributed by atoms with Crippen LogP contribution in [0.4, 0.5) is 0 Å². The van der Waals surface area contributed by atoms with Gasteiger partial charge >= 0.3 is 0 Å². The number of aldehydes is 1. The van der Waals surface area contributed by atoms with Crippen molar-refractivity contribution >= 4 is 34.7 Å². The standard InChI is InChI=1S/C5H6ClNOS/c1-4(6)9-5(3-8)7-2/h3H,1H2,2H3.